The Morgan fingerprint density at radius 3 is 2.56 bits per heavy atom. The Balaban J connectivity index is 2.23. The number of nitrogens with one attached hydrogen (secondary N) is 1. The van der Waals surface area contributed by atoms with Crippen LogP contribution in [0.1, 0.15) is 21.5 Å². The fraction of sp³-hybridized carbons (Fsp3) is 0.308. The van der Waals surface area contributed by atoms with Crippen LogP contribution in [0, 0.1) is 22.7 Å². The monoisotopic (exact) mass is 240 g/mol. The highest BCUT2D eigenvalue weighted by molar-refractivity contribution is 5.94. The topological polar surface area (TPSA) is 79.9 Å². The fourth-order valence-electron chi connectivity index (χ4n) is 1.98. The number of hydrogen-bond acceptors (Lipinski definition) is 4. The summed E-state index contributed by atoms with van der Waals surface area (Å²) in [5.74, 6) is -0.271. The molecule has 18 heavy (non-hydrogen) atoms. The van der Waals surface area contributed by atoms with E-state index in [4.69, 9.17) is 10.5 Å². The number of fused-ring (bicyclic) bond motifs is 1. The Labute approximate surface area is 105 Å². The number of nitriles is 2. The van der Waals surface area contributed by atoms with Crippen molar-refractivity contribution in [3.63, 3.8) is 0 Å². The van der Waals surface area contributed by atoms with Gasteiger partial charge in [0.1, 0.15) is 13.1 Å². The second-order valence-electron chi connectivity index (χ2n) is 4.06. The lowest BCUT2D eigenvalue weighted by Gasteiger charge is -2.16. The first kappa shape index (κ1) is 12.1. The highest BCUT2D eigenvalue weighted by Gasteiger charge is 2.18. The van der Waals surface area contributed by atoms with Gasteiger partial charge in [-0.05, 0) is 23.3 Å². The Morgan fingerprint density at radius 1 is 1.22 bits per heavy atom. The van der Waals surface area contributed by atoms with E-state index in [9.17, 15) is 4.79 Å². The molecule has 0 fully saturated rings. The van der Waals surface area contributed by atoms with Crippen LogP contribution < -0.4 is 5.32 Å². The number of amides is 1. The molecule has 5 heteroatoms. The van der Waals surface area contributed by atoms with E-state index in [1.165, 1.54) is 10.5 Å². The van der Waals surface area contributed by atoms with Gasteiger partial charge in [0, 0.05) is 18.7 Å². The van der Waals surface area contributed by atoms with Gasteiger partial charge in [-0.25, -0.2) is 0 Å². The molecule has 90 valence electrons. The average Bonchev–Trinajstić information content (AvgIpc) is 2.84. The maximum atomic E-state index is 12.1. The number of carbonyl (C=O) groups is 1. The SMILES string of the molecule is N#CCN(CC#N)C(=O)c1ccc2c(c1)CNC2. The molecular formula is C13H12N4O. The number of rotatable bonds is 3. The molecule has 0 spiro atoms. The van der Waals surface area contributed by atoms with Crippen LogP contribution in [0.3, 0.4) is 0 Å². The van der Waals surface area contributed by atoms with Crippen LogP contribution in [0.5, 0.6) is 0 Å². The molecule has 1 aliphatic rings. The number of nitrogens with zero attached hydrogens (tertiary/aromatic N) is 3. The van der Waals surface area contributed by atoms with Crippen molar-refractivity contribution in [1.82, 2.24) is 10.2 Å². The molecule has 0 saturated heterocycles. The molecule has 0 aliphatic carbocycles. The molecule has 5 nitrogen and oxygen atoms in total. The summed E-state index contributed by atoms with van der Waals surface area (Å²) in [4.78, 5) is 13.4. The lowest BCUT2D eigenvalue weighted by molar-refractivity contribution is 0.0794. The zero-order valence-corrected chi connectivity index (χ0v) is 9.81. The maximum Gasteiger partial charge on any atom is 0.255 e. The van der Waals surface area contributed by atoms with Crippen molar-refractivity contribution in [2.24, 2.45) is 0 Å². The van der Waals surface area contributed by atoms with E-state index in [1.807, 2.05) is 24.3 Å². The maximum absolute atomic E-state index is 12.1. The molecule has 0 radical (unpaired) electrons. The van der Waals surface area contributed by atoms with Crippen molar-refractivity contribution < 1.29 is 4.79 Å². The summed E-state index contributed by atoms with van der Waals surface area (Å²) in [6, 6.07) is 9.29. The van der Waals surface area contributed by atoms with Crippen LogP contribution in [0.15, 0.2) is 18.2 Å². The molecule has 0 atom stereocenters. The molecule has 0 aromatic heterocycles. The number of benzene rings is 1. The first-order valence-electron chi connectivity index (χ1n) is 5.62. The first-order valence-corrected chi connectivity index (χ1v) is 5.62. The second kappa shape index (κ2) is 5.31. The lowest BCUT2D eigenvalue weighted by Crippen LogP contribution is -2.31. The van der Waals surface area contributed by atoms with E-state index >= 15 is 0 Å². The Morgan fingerprint density at radius 2 is 1.89 bits per heavy atom. The minimum Gasteiger partial charge on any atom is -0.312 e. The van der Waals surface area contributed by atoms with Gasteiger partial charge >= 0.3 is 0 Å². The molecule has 1 aromatic rings. The zero-order chi connectivity index (χ0) is 13.0. The van der Waals surface area contributed by atoms with Gasteiger partial charge in [0.2, 0.25) is 0 Å². The van der Waals surface area contributed by atoms with Gasteiger partial charge in [-0.3, -0.25) is 4.79 Å². The normalized spacial score (nSPS) is 12.3. The largest absolute Gasteiger partial charge is 0.312 e. The van der Waals surface area contributed by atoms with Crippen molar-refractivity contribution in [3.8, 4) is 12.1 Å². The molecule has 1 heterocycles. The van der Waals surface area contributed by atoms with Crippen molar-refractivity contribution in [2.75, 3.05) is 13.1 Å². The molecule has 1 amide bonds. The van der Waals surface area contributed by atoms with E-state index in [1.54, 1.807) is 6.07 Å². The third-order valence-electron chi connectivity index (χ3n) is 2.89. The van der Waals surface area contributed by atoms with Gasteiger partial charge in [-0.2, -0.15) is 10.5 Å². The summed E-state index contributed by atoms with van der Waals surface area (Å²) >= 11 is 0. The summed E-state index contributed by atoms with van der Waals surface area (Å²) in [6.45, 7) is 1.44. The van der Waals surface area contributed by atoms with E-state index < -0.39 is 0 Å². The summed E-state index contributed by atoms with van der Waals surface area (Å²) in [5, 5.41) is 20.5. The van der Waals surface area contributed by atoms with Crippen molar-refractivity contribution in [1.29, 1.82) is 10.5 Å². The molecule has 2 rings (SSSR count). The number of carbonyl (C=O) groups excluding carboxylic acids is 1. The summed E-state index contributed by atoms with van der Waals surface area (Å²) in [6.07, 6.45) is 0. The summed E-state index contributed by atoms with van der Waals surface area (Å²) in [7, 11) is 0. The smallest absolute Gasteiger partial charge is 0.255 e. The highest BCUT2D eigenvalue weighted by Crippen LogP contribution is 2.18. The van der Waals surface area contributed by atoms with E-state index in [2.05, 4.69) is 5.32 Å². The van der Waals surface area contributed by atoms with Crippen LogP contribution >= 0.6 is 0 Å². The molecule has 0 unspecified atom stereocenters. The molecule has 1 N–H and O–H groups in total. The predicted octanol–water partition coefficient (Wildman–Crippen LogP) is 0.779. The van der Waals surface area contributed by atoms with Crippen LogP contribution in [0.25, 0.3) is 0 Å². The quantitative estimate of drug-likeness (QED) is 0.792. The van der Waals surface area contributed by atoms with Gasteiger partial charge in [0.05, 0.1) is 12.1 Å². The molecule has 1 aromatic carbocycles. The van der Waals surface area contributed by atoms with E-state index in [-0.39, 0.29) is 19.0 Å². The van der Waals surface area contributed by atoms with Crippen LogP contribution in [-0.4, -0.2) is 23.9 Å². The molecule has 0 bridgehead atoms. The minimum atomic E-state index is -0.271. The van der Waals surface area contributed by atoms with Gasteiger partial charge < -0.3 is 10.2 Å². The van der Waals surface area contributed by atoms with Crippen LogP contribution in [0.2, 0.25) is 0 Å². The summed E-state index contributed by atoms with van der Waals surface area (Å²) < 4.78 is 0. The Hall–Kier alpha value is -2.37. The predicted molar refractivity (Wildman–Crippen MR) is 64.1 cm³/mol. The Kier molecular flexibility index (Phi) is 3.57. The highest BCUT2D eigenvalue weighted by atomic mass is 16.2. The minimum absolute atomic E-state index is 0.0677. The Bertz CT molecular complexity index is 537. The molecule has 1 aliphatic heterocycles. The first-order chi connectivity index (χ1) is 8.76. The van der Waals surface area contributed by atoms with Gasteiger partial charge in [-0.1, -0.05) is 6.07 Å². The summed E-state index contributed by atoms with van der Waals surface area (Å²) in [5.41, 5.74) is 2.83. The third-order valence-corrected chi connectivity index (χ3v) is 2.89. The van der Waals surface area contributed by atoms with Gasteiger partial charge in [0.15, 0.2) is 0 Å². The van der Waals surface area contributed by atoms with E-state index in [0.29, 0.717) is 5.56 Å². The molecular weight excluding hydrogens is 228 g/mol. The van der Waals surface area contributed by atoms with Crippen molar-refractivity contribution in [2.45, 2.75) is 13.1 Å². The standard InChI is InChI=1S/C13H12N4O/c14-3-5-17(6-4-15)13(18)10-1-2-11-8-16-9-12(11)7-10/h1-2,7,16H,5-6,8-9H2. The average molecular weight is 240 g/mol. The van der Waals surface area contributed by atoms with Crippen LogP contribution in [0.4, 0.5) is 0 Å². The van der Waals surface area contributed by atoms with Crippen molar-refractivity contribution in [3.05, 3.63) is 34.9 Å². The zero-order valence-electron chi connectivity index (χ0n) is 9.81. The number of hydrogen-bond donors (Lipinski definition) is 1. The second-order valence-corrected chi connectivity index (χ2v) is 4.06. The fourth-order valence-corrected chi connectivity index (χ4v) is 1.98. The van der Waals surface area contributed by atoms with Gasteiger partial charge in [0.25, 0.3) is 5.91 Å². The van der Waals surface area contributed by atoms with E-state index in [0.717, 1.165) is 18.7 Å². The van der Waals surface area contributed by atoms with Gasteiger partial charge in [-0.15, -0.1) is 0 Å². The van der Waals surface area contributed by atoms with Crippen molar-refractivity contribution >= 4 is 5.91 Å². The lowest BCUT2D eigenvalue weighted by atomic mass is 10.1. The van der Waals surface area contributed by atoms with Crippen LogP contribution in [-0.2, 0) is 13.1 Å². The molecule has 0 saturated carbocycles. The third kappa shape index (κ3) is 2.32.